The van der Waals surface area contributed by atoms with Crippen LogP contribution in [0.5, 0.6) is 0 Å². The van der Waals surface area contributed by atoms with Crippen LogP contribution in [0.2, 0.25) is 0 Å². The number of carbonyl (C=O) groups excluding carboxylic acids is 2. The zero-order chi connectivity index (χ0) is 17.5. The molecule has 1 saturated carbocycles. The van der Waals surface area contributed by atoms with Crippen LogP contribution in [0.1, 0.15) is 43.5 Å². The molecule has 132 valence electrons. The second-order valence-corrected chi connectivity index (χ2v) is 7.11. The molecule has 7 heteroatoms. The average molecular weight is 334 g/mol. The molecule has 3 rings (SSSR count). The molecule has 0 aromatic carbocycles. The first-order chi connectivity index (χ1) is 11.4. The zero-order valence-electron chi connectivity index (χ0n) is 14.8. The van der Waals surface area contributed by atoms with Crippen molar-refractivity contribution in [3.05, 3.63) is 17.5 Å². The van der Waals surface area contributed by atoms with E-state index in [1.807, 2.05) is 30.5 Å². The molecule has 2 amide bonds. The monoisotopic (exact) mass is 334 g/mol. The molecule has 24 heavy (non-hydrogen) atoms. The van der Waals surface area contributed by atoms with Crippen LogP contribution in [0.4, 0.5) is 4.79 Å². The maximum absolute atomic E-state index is 12.5. The van der Waals surface area contributed by atoms with Gasteiger partial charge in [-0.25, -0.2) is 4.79 Å². The topological polar surface area (TPSA) is 76.5 Å². The predicted octanol–water partition coefficient (Wildman–Crippen LogP) is 1.77. The maximum Gasteiger partial charge on any atom is 0.317 e. The largest absolute Gasteiger partial charge is 0.469 e. The van der Waals surface area contributed by atoms with Gasteiger partial charge in [0.1, 0.15) is 0 Å². The molecule has 1 aliphatic heterocycles. The summed E-state index contributed by atoms with van der Waals surface area (Å²) in [5, 5.41) is 7.28. The van der Waals surface area contributed by atoms with Gasteiger partial charge in [0.25, 0.3) is 0 Å². The number of nitrogens with one attached hydrogen (secondary N) is 1. The highest BCUT2D eigenvalue weighted by atomic mass is 16.5. The van der Waals surface area contributed by atoms with Crippen LogP contribution in [-0.4, -0.2) is 46.9 Å². The number of carbonyl (C=O) groups is 2. The van der Waals surface area contributed by atoms with Gasteiger partial charge in [-0.1, -0.05) is 0 Å². The number of hydrogen-bond acceptors (Lipinski definition) is 4. The van der Waals surface area contributed by atoms with Crippen molar-refractivity contribution in [1.82, 2.24) is 20.0 Å². The average Bonchev–Trinajstić information content (AvgIpc) is 3.16. The first-order valence-electron chi connectivity index (χ1n) is 8.50. The van der Waals surface area contributed by atoms with E-state index in [9.17, 15) is 9.59 Å². The number of aromatic nitrogens is 2. The van der Waals surface area contributed by atoms with E-state index in [1.165, 1.54) is 7.11 Å². The van der Waals surface area contributed by atoms with Crippen molar-refractivity contribution < 1.29 is 14.3 Å². The standard InChI is InChI=1S/C17H26N4O3/c1-11(13-10-18-20(3)12(13)2)19-16(23)21-7-5-17(6-8-21)9-14(17)15(22)24-4/h10-11,14H,5-9H2,1-4H3,(H,19,23)/t11-,14+/m0/s1. The molecule has 2 fully saturated rings. The summed E-state index contributed by atoms with van der Waals surface area (Å²) in [6.45, 7) is 5.35. The van der Waals surface area contributed by atoms with Crippen LogP contribution >= 0.6 is 0 Å². The Morgan fingerprint density at radius 2 is 2.08 bits per heavy atom. The van der Waals surface area contributed by atoms with Gasteiger partial charge in [-0.15, -0.1) is 0 Å². The first kappa shape index (κ1) is 16.8. The summed E-state index contributed by atoms with van der Waals surface area (Å²) in [6.07, 6.45) is 4.46. The number of ether oxygens (including phenoxy) is 1. The summed E-state index contributed by atoms with van der Waals surface area (Å²) < 4.78 is 6.66. The number of amides is 2. The number of aryl methyl sites for hydroxylation is 1. The minimum Gasteiger partial charge on any atom is -0.469 e. The number of esters is 1. The smallest absolute Gasteiger partial charge is 0.317 e. The van der Waals surface area contributed by atoms with E-state index in [0.717, 1.165) is 30.5 Å². The van der Waals surface area contributed by atoms with Crippen molar-refractivity contribution in [2.24, 2.45) is 18.4 Å². The van der Waals surface area contributed by atoms with E-state index in [-0.39, 0.29) is 29.4 Å². The molecule has 1 saturated heterocycles. The normalized spacial score (nSPS) is 23.0. The van der Waals surface area contributed by atoms with E-state index < -0.39 is 0 Å². The Morgan fingerprint density at radius 3 is 2.62 bits per heavy atom. The van der Waals surface area contributed by atoms with E-state index in [2.05, 4.69) is 10.4 Å². The fourth-order valence-corrected chi connectivity index (χ4v) is 3.83. The number of piperidine rings is 1. The third-order valence-corrected chi connectivity index (χ3v) is 5.80. The minimum atomic E-state index is -0.103. The summed E-state index contributed by atoms with van der Waals surface area (Å²) in [4.78, 5) is 26.0. The zero-order valence-corrected chi connectivity index (χ0v) is 14.8. The van der Waals surface area contributed by atoms with Gasteiger partial charge in [0.05, 0.1) is 25.3 Å². The SMILES string of the molecule is COC(=O)[C@H]1CC12CCN(C(=O)N[C@@H](C)c1cnn(C)c1C)CC2. The van der Waals surface area contributed by atoms with E-state index >= 15 is 0 Å². The Hall–Kier alpha value is -2.05. The maximum atomic E-state index is 12.5. The van der Waals surface area contributed by atoms with Gasteiger partial charge in [0.15, 0.2) is 0 Å². The lowest BCUT2D eigenvalue weighted by molar-refractivity contribution is -0.143. The lowest BCUT2D eigenvalue weighted by atomic mass is 9.91. The van der Waals surface area contributed by atoms with Gasteiger partial charge >= 0.3 is 12.0 Å². The predicted molar refractivity (Wildman–Crippen MR) is 88.3 cm³/mol. The van der Waals surface area contributed by atoms with Crippen molar-refractivity contribution in [3.63, 3.8) is 0 Å². The molecule has 7 nitrogen and oxygen atoms in total. The lowest BCUT2D eigenvalue weighted by Crippen LogP contribution is -2.46. The van der Waals surface area contributed by atoms with Crippen molar-refractivity contribution >= 4 is 12.0 Å². The number of urea groups is 1. The Kier molecular flexibility index (Phi) is 4.27. The number of methoxy groups -OCH3 is 1. The number of rotatable bonds is 3. The molecule has 1 spiro atoms. The van der Waals surface area contributed by atoms with Crippen LogP contribution in [-0.2, 0) is 16.6 Å². The lowest BCUT2D eigenvalue weighted by Gasteiger charge is -2.33. The third-order valence-electron chi connectivity index (χ3n) is 5.80. The molecule has 1 aromatic rings. The minimum absolute atomic E-state index is 0.0321. The highest BCUT2D eigenvalue weighted by Crippen LogP contribution is 2.59. The van der Waals surface area contributed by atoms with Crippen LogP contribution in [0, 0.1) is 18.3 Å². The van der Waals surface area contributed by atoms with Crippen LogP contribution in [0.3, 0.4) is 0 Å². The summed E-state index contributed by atoms with van der Waals surface area (Å²) in [5.41, 5.74) is 2.17. The first-order valence-corrected chi connectivity index (χ1v) is 8.50. The Morgan fingerprint density at radius 1 is 1.42 bits per heavy atom. The number of hydrogen-bond donors (Lipinski definition) is 1. The third kappa shape index (κ3) is 2.87. The second-order valence-electron chi connectivity index (χ2n) is 7.11. The van der Waals surface area contributed by atoms with Gasteiger partial charge in [0, 0.05) is 31.4 Å². The molecular formula is C17H26N4O3. The Bertz CT molecular complexity index is 646. The van der Waals surface area contributed by atoms with Crippen LogP contribution < -0.4 is 5.32 Å². The summed E-state index contributed by atoms with van der Waals surface area (Å²) in [6, 6.07) is -0.123. The highest BCUT2D eigenvalue weighted by molar-refractivity contribution is 5.77. The Labute approximate surface area is 142 Å². The second kappa shape index (κ2) is 6.11. The van der Waals surface area contributed by atoms with Crippen LogP contribution in [0.15, 0.2) is 6.20 Å². The van der Waals surface area contributed by atoms with Crippen molar-refractivity contribution in [2.75, 3.05) is 20.2 Å². The quantitative estimate of drug-likeness (QED) is 0.855. The van der Waals surface area contributed by atoms with Crippen molar-refractivity contribution in [3.8, 4) is 0 Å². The van der Waals surface area contributed by atoms with E-state index in [4.69, 9.17) is 4.74 Å². The highest BCUT2D eigenvalue weighted by Gasteiger charge is 2.59. The van der Waals surface area contributed by atoms with E-state index in [1.54, 1.807) is 6.20 Å². The molecule has 2 atom stereocenters. The van der Waals surface area contributed by atoms with Crippen molar-refractivity contribution in [2.45, 2.75) is 39.2 Å². The van der Waals surface area contributed by atoms with Gasteiger partial charge in [-0.2, -0.15) is 5.10 Å². The molecule has 0 radical (unpaired) electrons. The molecule has 2 aliphatic rings. The molecule has 1 aliphatic carbocycles. The van der Waals surface area contributed by atoms with E-state index in [0.29, 0.717) is 13.1 Å². The molecular weight excluding hydrogens is 308 g/mol. The fraction of sp³-hybridized carbons (Fsp3) is 0.706. The molecule has 2 heterocycles. The summed E-state index contributed by atoms with van der Waals surface area (Å²) in [7, 11) is 3.34. The van der Waals surface area contributed by atoms with Crippen molar-refractivity contribution in [1.29, 1.82) is 0 Å². The van der Waals surface area contributed by atoms with Gasteiger partial charge in [-0.3, -0.25) is 9.48 Å². The number of nitrogens with zero attached hydrogens (tertiary/aromatic N) is 3. The van der Waals surface area contributed by atoms with Crippen LogP contribution in [0.25, 0.3) is 0 Å². The summed E-state index contributed by atoms with van der Waals surface area (Å²) in [5.74, 6) is -0.0711. The van der Waals surface area contributed by atoms with Gasteiger partial charge < -0.3 is 15.0 Å². The molecule has 0 bridgehead atoms. The Balaban J connectivity index is 1.53. The number of likely N-dealkylation sites (tertiary alicyclic amines) is 1. The van der Waals surface area contributed by atoms with Gasteiger partial charge in [-0.05, 0) is 38.5 Å². The molecule has 1 aromatic heterocycles. The fourth-order valence-electron chi connectivity index (χ4n) is 3.83. The molecule has 0 unspecified atom stereocenters. The summed E-state index contributed by atoms with van der Waals surface area (Å²) >= 11 is 0. The molecule has 1 N–H and O–H groups in total. The van der Waals surface area contributed by atoms with Gasteiger partial charge in [0.2, 0.25) is 0 Å².